The van der Waals surface area contributed by atoms with Crippen LogP contribution in [0.15, 0.2) is 83.3 Å². The Balaban J connectivity index is 1.98. The molecule has 0 aromatic heterocycles. The van der Waals surface area contributed by atoms with Gasteiger partial charge in [0, 0.05) is 23.4 Å². The van der Waals surface area contributed by atoms with Gasteiger partial charge in [-0.25, -0.2) is 0 Å². The highest BCUT2D eigenvalue weighted by Gasteiger charge is 2.40. The highest BCUT2D eigenvalue weighted by Crippen LogP contribution is 2.45. The number of carbonyl (C=O) groups excluding carboxylic acids is 1. The number of nitriles is 1. The third kappa shape index (κ3) is 2.49. The quantitative estimate of drug-likeness (QED) is 0.896. The molecule has 2 aromatic rings. The lowest BCUT2D eigenvalue weighted by Gasteiger charge is -2.39. The maximum absolute atomic E-state index is 12.9. The van der Waals surface area contributed by atoms with Gasteiger partial charge in [-0.3, -0.25) is 9.69 Å². The zero-order valence-corrected chi connectivity index (χ0v) is 14.4. The molecule has 2 aromatic carbocycles. The molecule has 1 heterocycles. The van der Waals surface area contributed by atoms with Crippen molar-refractivity contribution in [3.8, 4) is 6.07 Å². The smallest absolute Gasteiger partial charge is 0.161 e. The first kappa shape index (κ1) is 16.2. The Bertz CT molecular complexity index is 952. The number of para-hydroxylation sites is 1. The Morgan fingerprint density at radius 1 is 1.00 bits per heavy atom. The molecule has 0 radical (unpaired) electrons. The lowest BCUT2D eigenvalue weighted by Crippen LogP contribution is -2.38. The molecule has 0 unspecified atom stereocenters. The molecule has 0 spiro atoms. The molecule has 1 atom stereocenters. The SMILES string of the molecule is N#CC1=C(N)N(c2ccccc2)C2=C(C(=O)CCC2)[C@H]1c1ccccc1. The highest BCUT2D eigenvalue weighted by atomic mass is 16.1. The summed E-state index contributed by atoms with van der Waals surface area (Å²) in [6.07, 6.45) is 2.10. The van der Waals surface area contributed by atoms with Gasteiger partial charge in [0.15, 0.2) is 5.78 Å². The van der Waals surface area contributed by atoms with Crippen LogP contribution in [-0.2, 0) is 4.79 Å². The molecule has 0 fully saturated rings. The number of nitrogens with zero attached hydrogens (tertiary/aromatic N) is 2. The Morgan fingerprint density at radius 3 is 2.31 bits per heavy atom. The summed E-state index contributed by atoms with van der Waals surface area (Å²) in [5, 5.41) is 9.89. The summed E-state index contributed by atoms with van der Waals surface area (Å²) >= 11 is 0. The third-order valence-corrected chi connectivity index (χ3v) is 5.06. The average molecular weight is 341 g/mol. The van der Waals surface area contributed by atoms with Gasteiger partial charge in [-0.15, -0.1) is 0 Å². The van der Waals surface area contributed by atoms with Gasteiger partial charge in [0.05, 0.1) is 17.6 Å². The van der Waals surface area contributed by atoms with Crippen LogP contribution < -0.4 is 10.6 Å². The van der Waals surface area contributed by atoms with Gasteiger partial charge in [0.1, 0.15) is 5.82 Å². The van der Waals surface area contributed by atoms with E-state index in [1.807, 2.05) is 65.6 Å². The fourth-order valence-corrected chi connectivity index (χ4v) is 3.94. The topological polar surface area (TPSA) is 70.1 Å². The fraction of sp³-hybridized carbons (Fsp3) is 0.182. The van der Waals surface area contributed by atoms with Crippen molar-refractivity contribution in [1.29, 1.82) is 5.26 Å². The summed E-state index contributed by atoms with van der Waals surface area (Å²) in [5.41, 5.74) is 10.4. The van der Waals surface area contributed by atoms with Crippen molar-refractivity contribution in [1.82, 2.24) is 0 Å². The molecule has 0 saturated carbocycles. The second-order valence-corrected chi connectivity index (χ2v) is 6.56. The predicted octanol–water partition coefficient (Wildman–Crippen LogP) is 3.99. The van der Waals surface area contributed by atoms with Gasteiger partial charge in [0.2, 0.25) is 0 Å². The van der Waals surface area contributed by atoms with Gasteiger partial charge in [-0.05, 0) is 30.5 Å². The molecule has 2 aliphatic rings. The average Bonchev–Trinajstić information content (AvgIpc) is 2.68. The molecule has 0 amide bonds. The van der Waals surface area contributed by atoms with E-state index in [2.05, 4.69) is 6.07 Å². The normalized spacial score (nSPS) is 20.0. The van der Waals surface area contributed by atoms with E-state index in [0.29, 0.717) is 17.8 Å². The van der Waals surface area contributed by atoms with E-state index in [1.165, 1.54) is 0 Å². The first-order valence-corrected chi connectivity index (χ1v) is 8.78. The number of Topliss-reactive ketones (excluding diaryl/α,β-unsaturated/α-hetero) is 1. The monoisotopic (exact) mass is 341 g/mol. The Kier molecular flexibility index (Phi) is 4.06. The number of carbonyl (C=O) groups is 1. The third-order valence-electron chi connectivity index (χ3n) is 5.06. The van der Waals surface area contributed by atoms with Crippen molar-refractivity contribution < 1.29 is 4.79 Å². The van der Waals surface area contributed by atoms with E-state index in [1.54, 1.807) is 0 Å². The van der Waals surface area contributed by atoms with Crippen LogP contribution in [0, 0.1) is 11.3 Å². The second kappa shape index (κ2) is 6.53. The van der Waals surface area contributed by atoms with E-state index < -0.39 is 0 Å². The van der Waals surface area contributed by atoms with E-state index in [0.717, 1.165) is 35.4 Å². The van der Waals surface area contributed by atoms with Crippen LogP contribution in [0.5, 0.6) is 0 Å². The van der Waals surface area contributed by atoms with Gasteiger partial charge >= 0.3 is 0 Å². The maximum atomic E-state index is 12.9. The number of hydrogen-bond donors (Lipinski definition) is 1. The van der Waals surface area contributed by atoms with Gasteiger partial charge in [-0.2, -0.15) is 5.26 Å². The van der Waals surface area contributed by atoms with E-state index >= 15 is 0 Å². The molecule has 1 aliphatic carbocycles. The van der Waals surface area contributed by atoms with Crippen molar-refractivity contribution in [2.24, 2.45) is 5.73 Å². The molecule has 1 aliphatic heterocycles. The summed E-state index contributed by atoms with van der Waals surface area (Å²) in [7, 11) is 0. The van der Waals surface area contributed by atoms with Crippen LogP contribution in [0.3, 0.4) is 0 Å². The summed E-state index contributed by atoms with van der Waals surface area (Å²) in [6, 6.07) is 21.7. The largest absolute Gasteiger partial charge is 0.384 e. The van der Waals surface area contributed by atoms with Gasteiger partial charge in [0.25, 0.3) is 0 Å². The van der Waals surface area contributed by atoms with Crippen LogP contribution >= 0.6 is 0 Å². The molecule has 0 saturated heterocycles. The Morgan fingerprint density at radius 2 is 1.65 bits per heavy atom. The van der Waals surface area contributed by atoms with Crippen LogP contribution in [0.25, 0.3) is 0 Å². The summed E-state index contributed by atoms with van der Waals surface area (Å²) in [4.78, 5) is 14.8. The molecule has 2 N–H and O–H groups in total. The zero-order valence-electron chi connectivity index (χ0n) is 14.4. The number of hydrogen-bond acceptors (Lipinski definition) is 4. The van der Waals surface area contributed by atoms with Crippen LogP contribution in [0.4, 0.5) is 5.69 Å². The molecule has 4 rings (SSSR count). The van der Waals surface area contributed by atoms with Crippen molar-refractivity contribution >= 4 is 11.5 Å². The number of benzene rings is 2. The zero-order chi connectivity index (χ0) is 18.1. The fourth-order valence-electron chi connectivity index (χ4n) is 3.94. The summed E-state index contributed by atoms with van der Waals surface area (Å²) in [5.74, 6) is 0.145. The van der Waals surface area contributed by atoms with Crippen molar-refractivity contribution in [3.05, 3.63) is 88.9 Å². The molecule has 128 valence electrons. The van der Waals surface area contributed by atoms with Gasteiger partial charge in [-0.1, -0.05) is 48.5 Å². The number of allylic oxidation sites excluding steroid dienone is 3. The van der Waals surface area contributed by atoms with Crippen LogP contribution in [0.2, 0.25) is 0 Å². The molecular weight excluding hydrogens is 322 g/mol. The Hall–Kier alpha value is -3.32. The second-order valence-electron chi connectivity index (χ2n) is 6.56. The first-order chi connectivity index (χ1) is 12.7. The highest BCUT2D eigenvalue weighted by molar-refractivity contribution is 6.01. The summed E-state index contributed by atoms with van der Waals surface area (Å²) in [6.45, 7) is 0. The standard InChI is InChI=1S/C22H19N3O/c23-14-17-20(15-8-3-1-4-9-15)21-18(12-7-13-19(21)26)25(22(17)24)16-10-5-2-6-11-16/h1-6,8-11,20H,7,12-13,24H2/t20-/m0/s1. The van der Waals surface area contributed by atoms with E-state index in [4.69, 9.17) is 5.73 Å². The molecule has 4 heteroatoms. The van der Waals surface area contributed by atoms with Gasteiger partial charge < -0.3 is 5.73 Å². The van der Waals surface area contributed by atoms with Crippen molar-refractivity contribution in [3.63, 3.8) is 0 Å². The minimum absolute atomic E-state index is 0.112. The minimum atomic E-state index is -0.385. The van der Waals surface area contributed by atoms with Crippen LogP contribution in [0.1, 0.15) is 30.7 Å². The summed E-state index contributed by atoms with van der Waals surface area (Å²) < 4.78 is 0. The molecule has 4 nitrogen and oxygen atoms in total. The predicted molar refractivity (Wildman–Crippen MR) is 101 cm³/mol. The minimum Gasteiger partial charge on any atom is -0.384 e. The lowest BCUT2D eigenvalue weighted by molar-refractivity contribution is -0.116. The number of anilines is 1. The number of ketones is 1. The molecular formula is C22H19N3O. The van der Waals surface area contributed by atoms with E-state index in [9.17, 15) is 10.1 Å². The first-order valence-electron chi connectivity index (χ1n) is 8.78. The lowest BCUT2D eigenvalue weighted by atomic mass is 9.75. The van der Waals surface area contributed by atoms with Crippen LogP contribution in [-0.4, -0.2) is 5.78 Å². The molecule has 0 bridgehead atoms. The van der Waals surface area contributed by atoms with Crippen molar-refractivity contribution in [2.75, 3.05) is 4.90 Å². The Labute approximate surface area is 152 Å². The van der Waals surface area contributed by atoms with E-state index in [-0.39, 0.29) is 11.7 Å². The number of rotatable bonds is 2. The maximum Gasteiger partial charge on any atom is 0.161 e. The number of nitrogens with two attached hydrogens (primary N) is 1. The van der Waals surface area contributed by atoms with Crippen molar-refractivity contribution in [2.45, 2.75) is 25.2 Å². The molecule has 26 heavy (non-hydrogen) atoms.